The van der Waals surface area contributed by atoms with Crippen LogP contribution in [0.5, 0.6) is 0 Å². The number of hydrogen-bond acceptors (Lipinski definition) is 4. The smallest absolute Gasteiger partial charge is 0.143 e. The number of aromatic nitrogens is 2. The van der Waals surface area contributed by atoms with Crippen molar-refractivity contribution in [2.24, 2.45) is 5.10 Å². The van der Waals surface area contributed by atoms with E-state index in [2.05, 4.69) is 33.5 Å². The molecule has 0 fully saturated rings. The molecule has 0 unspecified atom stereocenters. The Labute approximate surface area is 85.7 Å². The highest BCUT2D eigenvalue weighted by Crippen LogP contribution is 2.12. The van der Waals surface area contributed by atoms with Crippen molar-refractivity contribution < 1.29 is 0 Å². The van der Waals surface area contributed by atoms with Crippen LogP contribution >= 0.6 is 11.3 Å². The van der Waals surface area contributed by atoms with E-state index in [1.165, 1.54) is 5.56 Å². The van der Waals surface area contributed by atoms with E-state index in [1.54, 1.807) is 30.1 Å². The maximum atomic E-state index is 4.08. The molecule has 0 amide bonds. The summed E-state index contributed by atoms with van der Waals surface area (Å²) < 4.78 is 0. The van der Waals surface area contributed by atoms with E-state index in [0.717, 1.165) is 10.7 Å². The van der Waals surface area contributed by atoms with E-state index in [4.69, 9.17) is 0 Å². The number of anilines is 1. The Hall–Kier alpha value is -1.62. The van der Waals surface area contributed by atoms with Crippen LogP contribution in [0.25, 0.3) is 0 Å². The fourth-order valence-corrected chi connectivity index (χ4v) is 1.78. The van der Waals surface area contributed by atoms with Crippen LogP contribution in [-0.2, 0) is 0 Å². The third-order valence-electron chi connectivity index (χ3n) is 1.77. The van der Waals surface area contributed by atoms with Gasteiger partial charge in [0.2, 0.25) is 0 Å². The molecule has 0 spiro atoms. The second-order valence-electron chi connectivity index (χ2n) is 2.80. The minimum atomic E-state index is 0.787. The van der Waals surface area contributed by atoms with Crippen LogP contribution in [0, 0.1) is 6.92 Å². The number of aromatic amines is 1. The van der Waals surface area contributed by atoms with E-state index >= 15 is 0 Å². The van der Waals surface area contributed by atoms with Crippen molar-refractivity contribution in [2.45, 2.75) is 6.92 Å². The van der Waals surface area contributed by atoms with Gasteiger partial charge >= 0.3 is 0 Å². The summed E-state index contributed by atoms with van der Waals surface area (Å²) in [6, 6.07) is 2.07. The Bertz CT molecular complexity index is 416. The van der Waals surface area contributed by atoms with Gasteiger partial charge in [0, 0.05) is 4.88 Å². The van der Waals surface area contributed by atoms with Crippen LogP contribution in [0.2, 0.25) is 0 Å². The topological polar surface area (TPSA) is 53.1 Å². The lowest BCUT2D eigenvalue weighted by Gasteiger charge is -1.93. The molecule has 0 radical (unpaired) electrons. The number of hydrazone groups is 1. The van der Waals surface area contributed by atoms with Crippen molar-refractivity contribution in [1.82, 2.24) is 9.97 Å². The molecule has 2 aromatic heterocycles. The number of rotatable bonds is 3. The molecule has 0 aliphatic rings. The van der Waals surface area contributed by atoms with Gasteiger partial charge in [-0.2, -0.15) is 5.10 Å². The number of aryl methyl sites for hydroxylation is 1. The van der Waals surface area contributed by atoms with Crippen LogP contribution in [0.4, 0.5) is 5.82 Å². The van der Waals surface area contributed by atoms with Gasteiger partial charge in [0.25, 0.3) is 0 Å². The third kappa shape index (κ3) is 2.00. The molecule has 2 rings (SSSR count). The summed E-state index contributed by atoms with van der Waals surface area (Å²) in [6.45, 7) is 2.06. The van der Waals surface area contributed by atoms with Gasteiger partial charge in [0.1, 0.15) is 5.82 Å². The highest BCUT2D eigenvalue weighted by atomic mass is 32.1. The molecule has 5 heteroatoms. The van der Waals surface area contributed by atoms with E-state index in [-0.39, 0.29) is 0 Å². The Morgan fingerprint density at radius 2 is 2.57 bits per heavy atom. The van der Waals surface area contributed by atoms with Crippen molar-refractivity contribution in [3.63, 3.8) is 0 Å². The lowest BCUT2D eigenvalue weighted by atomic mass is 10.3. The van der Waals surface area contributed by atoms with Gasteiger partial charge in [-0.15, -0.1) is 11.3 Å². The third-order valence-corrected chi connectivity index (χ3v) is 2.72. The van der Waals surface area contributed by atoms with Crippen molar-refractivity contribution >= 4 is 23.4 Å². The normalized spacial score (nSPS) is 10.9. The summed E-state index contributed by atoms with van der Waals surface area (Å²) in [6.07, 6.45) is 5.09. The average Bonchev–Trinajstić information content (AvgIpc) is 2.78. The lowest BCUT2D eigenvalue weighted by molar-refractivity contribution is 1.26. The molecule has 0 aliphatic heterocycles. The summed E-state index contributed by atoms with van der Waals surface area (Å²) in [7, 11) is 0. The highest BCUT2D eigenvalue weighted by molar-refractivity contribution is 7.11. The van der Waals surface area contributed by atoms with Crippen LogP contribution in [-0.4, -0.2) is 16.2 Å². The molecule has 2 heterocycles. The van der Waals surface area contributed by atoms with Crippen LogP contribution in [0.1, 0.15) is 10.4 Å². The summed E-state index contributed by atoms with van der Waals surface area (Å²) in [5.41, 5.74) is 4.09. The van der Waals surface area contributed by atoms with Crippen LogP contribution in [0.3, 0.4) is 0 Å². The van der Waals surface area contributed by atoms with Crippen LogP contribution in [0.15, 0.2) is 29.1 Å². The highest BCUT2D eigenvalue weighted by Gasteiger charge is 1.94. The predicted octanol–water partition coefficient (Wildman–Crippen LogP) is 2.23. The Morgan fingerprint density at radius 3 is 3.21 bits per heavy atom. The molecule has 72 valence electrons. The zero-order valence-electron chi connectivity index (χ0n) is 7.69. The maximum absolute atomic E-state index is 4.08. The maximum Gasteiger partial charge on any atom is 0.143 e. The van der Waals surface area contributed by atoms with E-state index in [0.29, 0.717) is 0 Å². The molecular formula is C9H10N4S. The molecule has 0 bridgehead atoms. The summed E-state index contributed by atoms with van der Waals surface area (Å²) in [5.74, 6) is 0.787. The van der Waals surface area contributed by atoms with Gasteiger partial charge < -0.3 is 4.98 Å². The van der Waals surface area contributed by atoms with Crippen molar-refractivity contribution in [1.29, 1.82) is 0 Å². The zero-order chi connectivity index (χ0) is 9.80. The van der Waals surface area contributed by atoms with Crippen molar-refractivity contribution in [2.75, 3.05) is 5.43 Å². The monoisotopic (exact) mass is 206 g/mol. The predicted molar refractivity (Wildman–Crippen MR) is 58.9 cm³/mol. The SMILES string of the molecule is Cc1ccsc1/C=N/Nc1cnc[nH]1. The minimum absolute atomic E-state index is 0.787. The van der Waals surface area contributed by atoms with Gasteiger partial charge in [-0.1, -0.05) is 0 Å². The van der Waals surface area contributed by atoms with Crippen molar-refractivity contribution in [3.05, 3.63) is 34.4 Å². The lowest BCUT2D eigenvalue weighted by Crippen LogP contribution is -1.89. The quantitative estimate of drug-likeness (QED) is 0.597. The molecular weight excluding hydrogens is 196 g/mol. The molecule has 2 N–H and O–H groups in total. The molecule has 14 heavy (non-hydrogen) atoms. The molecule has 0 saturated carbocycles. The largest absolute Gasteiger partial charge is 0.330 e. The van der Waals surface area contributed by atoms with Gasteiger partial charge in [0.05, 0.1) is 18.7 Å². The first-order valence-electron chi connectivity index (χ1n) is 4.18. The molecule has 0 aliphatic carbocycles. The van der Waals surface area contributed by atoms with Crippen LogP contribution < -0.4 is 5.43 Å². The Kier molecular flexibility index (Phi) is 2.60. The van der Waals surface area contributed by atoms with E-state index in [1.807, 2.05) is 5.38 Å². The summed E-state index contributed by atoms with van der Waals surface area (Å²) >= 11 is 1.67. The van der Waals surface area contributed by atoms with Gasteiger partial charge in [-0.3, -0.25) is 5.43 Å². The molecule has 4 nitrogen and oxygen atoms in total. The second-order valence-corrected chi connectivity index (χ2v) is 3.75. The van der Waals surface area contributed by atoms with Gasteiger partial charge in [0.15, 0.2) is 0 Å². The fourth-order valence-electron chi connectivity index (χ4n) is 0.994. The first-order valence-corrected chi connectivity index (χ1v) is 5.06. The Morgan fingerprint density at radius 1 is 1.64 bits per heavy atom. The molecule has 0 aromatic carbocycles. The fraction of sp³-hybridized carbons (Fsp3) is 0.111. The second kappa shape index (κ2) is 4.06. The standard InChI is InChI=1S/C9H10N4S/c1-7-2-3-14-8(7)4-12-13-9-5-10-6-11-9/h2-6,13H,1H3,(H,10,11)/b12-4+. The van der Waals surface area contributed by atoms with Gasteiger partial charge in [-0.05, 0) is 23.9 Å². The number of hydrogen-bond donors (Lipinski definition) is 2. The van der Waals surface area contributed by atoms with E-state index in [9.17, 15) is 0 Å². The molecule has 0 saturated heterocycles. The Balaban J connectivity index is 1.99. The van der Waals surface area contributed by atoms with E-state index < -0.39 is 0 Å². The first kappa shape index (κ1) is 8.96. The summed E-state index contributed by atoms with van der Waals surface area (Å²) in [5, 5.41) is 6.13. The van der Waals surface area contributed by atoms with Crippen molar-refractivity contribution in [3.8, 4) is 0 Å². The average molecular weight is 206 g/mol. The number of imidazole rings is 1. The zero-order valence-corrected chi connectivity index (χ0v) is 8.51. The number of thiophene rings is 1. The summed E-state index contributed by atoms with van der Waals surface area (Å²) in [4.78, 5) is 7.93. The minimum Gasteiger partial charge on any atom is -0.330 e. The number of nitrogens with one attached hydrogen (secondary N) is 2. The number of nitrogens with zero attached hydrogens (tertiary/aromatic N) is 2. The van der Waals surface area contributed by atoms with Gasteiger partial charge in [-0.25, -0.2) is 4.98 Å². The molecule has 2 aromatic rings. The number of H-pyrrole nitrogens is 1. The first-order chi connectivity index (χ1) is 6.86. The molecule has 0 atom stereocenters.